The predicted octanol–water partition coefficient (Wildman–Crippen LogP) is 4.47. The number of benzene rings is 3. The molecule has 1 amide bonds. The van der Waals surface area contributed by atoms with Crippen LogP contribution in [0.3, 0.4) is 0 Å². The van der Waals surface area contributed by atoms with Gasteiger partial charge >= 0.3 is 0 Å². The summed E-state index contributed by atoms with van der Waals surface area (Å²) in [7, 11) is -2.32. The maximum atomic E-state index is 13.2. The number of nitrogens with zero attached hydrogens (tertiary/aromatic N) is 1. The highest BCUT2D eigenvalue weighted by molar-refractivity contribution is 7.92. The van der Waals surface area contributed by atoms with Crippen LogP contribution < -0.4 is 14.4 Å². The van der Waals surface area contributed by atoms with Gasteiger partial charge in [-0.15, -0.1) is 0 Å². The Kier molecular flexibility index (Phi) is 6.42. The van der Waals surface area contributed by atoms with Crippen LogP contribution in [0.2, 0.25) is 0 Å². The van der Waals surface area contributed by atoms with E-state index in [4.69, 9.17) is 4.74 Å². The van der Waals surface area contributed by atoms with Crippen LogP contribution in [-0.2, 0) is 10.0 Å². The number of rotatable bonds is 7. The van der Waals surface area contributed by atoms with Gasteiger partial charge in [0.15, 0.2) is 0 Å². The summed E-state index contributed by atoms with van der Waals surface area (Å²) in [5.41, 5.74) is 2.22. The van der Waals surface area contributed by atoms with Gasteiger partial charge in [0.25, 0.3) is 15.9 Å². The molecule has 156 valence electrons. The van der Waals surface area contributed by atoms with Gasteiger partial charge in [-0.1, -0.05) is 24.3 Å². The lowest BCUT2D eigenvalue weighted by molar-refractivity contribution is 0.0987. The first-order valence-electron chi connectivity index (χ1n) is 9.50. The van der Waals surface area contributed by atoms with Gasteiger partial charge < -0.3 is 9.64 Å². The SMILES string of the molecule is CCN(C(=O)c1cc(S(=O)(=O)Nc2ccc(OC)cc2)ccc1C)c1ccccc1. The molecule has 0 aliphatic rings. The standard InChI is InChI=1S/C23H24N2O4S/c1-4-25(19-8-6-5-7-9-19)23(26)22-16-21(15-10-17(22)2)30(27,28)24-18-11-13-20(29-3)14-12-18/h5-16,24H,4H2,1-3H3. The molecule has 0 atom stereocenters. The minimum Gasteiger partial charge on any atom is -0.497 e. The second kappa shape index (κ2) is 9.00. The Morgan fingerprint density at radius 3 is 2.27 bits per heavy atom. The monoisotopic (exact) mass is 424 g/mol. The number of amides is 1. The van der Waals surface area contributed by atoms with Crippen molar-refractivity contribution in [3.8, 4) is 5.75 Å². The van der Waals surface area contributed by atoms with Crippen molar-refractivity contribution < 1.29 is 17.9 Å². The Morgan fingerprint density at radius 2 is 1.67 bits per heavy atom. The van der Waals surface area contributed by atoms with E-state index in [0.717, 1.165) is 5.69 Å². The van der Waals surface area contributed by atoms with Crippen molar-refractivity contribution in [2.45, 2.75) is 18.7 Å². The molecule has 0 saturated heterocycles. The van der Waals surface area contributed by atoms with Crippen LogP contribution in [0.25, 0.3) is 0 Å². The molecule has 1 N–H and O–H groups in total. The molecule has 0 heterocycles. The molecule has 0 aromatic heterocycles. The molecule has 3 rings (SSSR count). The van der Waals surface area contributed by atoms with E-state index in [1.807, 2.05) is 37.3 Å². The molecule has 0 fully saturated rings. The third-order valence-corrected chi connectivity index (χ3v) is 6.10. The fraction of sp³-hybridized carbons (Fsp3) is 0.174. The van der Waals surface area contributed by atoms with Gasteiger partial charge in [0.2, 0.25) is 0 Å². The summed E-state index contributed by atoms with van der Waals surface area (Å²) in [5.74, 6) is 0.379. The maximum absolute atomic E-state index is 13.2. The van der Waals surface area contributed by atoms with E-state index < -0.39 is 10.0 Å². The van der Waals surface area contributed by atoms with E-state index in [-0.39, 0.29) is 10.8 Å². The maximum Gasteiger partial charge on any atom is 0.261 e. The van der Waals surface area contributed by atoms with E-state index in [2.05, 4.69) is 4.72 Å². The lowest BCUT2D eigenvalue weighted by Crippen LogP contribution is -2.31. The van der Waals surface area contributed by atoms with Crippen LogP contribution in [-0.4, -0.2) is 28.0 Å². The largest absolute Gasteiger partial charge is 0.497 e. The number of nitrogens with one attached hydrogen (secondary N) is 1. The Labute approximate surface area is 177 Å². The van der Waals surface area contributed by atoms with Crippen LogP contribution in [0.15, 0.2) is 77.7 Å². The van der Waals surface area contributed by atoms with Gasteiger partial charge in [-0.3, -0.25) is 9.52 Å². The Bertz CT molecular complexity index is 1130. The highest BCUT2D eigenvalue weighted by Gasteiger charge is 2.22. The van der Waals surface area contributed by atoms with Gasteiger partial charge in [0.05, 0.1) is 12.0 Å². The first-order valence-corrected chi connectivity index (χ1v) is 11.0. The van der Waals surface area contributed by atoms with E-state index in [1.54, 1.807) is 49.3 Å². The Hall–Kier alpha value is -3.32. The molecular weight excluding hydrogens is 400 g/mol. The average molecular weight is 425 g/mol. The summed E-state index contributed by atoms with van der Waals surface area (Å²) in [6.07, 6.45) is 0. The zero-order chi connectivity index (χ0) is 21.7. The van der Waals surface area contributed by atoms with Gasteiger partial charge in [-0.2, -0.15) is 0 Å². The molecular formula is C23H24N2O4S. The number of hydrogen-bond acceptors (Lipinski definition) is 4. The smallest absolute Gasteiger partial charge is 0.261 e. The fourth-order valence-corrected chi connectivity index (χ4v) is 4.15. The van der Waals surface area contributed by atoms with Crippen molar-refractivity contribution in [2.75, 3.05) is 23.3 Å². The summed E-state index contributed by atoms with van der Waals surface area (Å²) in [4.78, 5) is 14.8. The summed E-state index contributed by atoms with van der Waals surface area (Å²) in [5, 5.41) is 0. The molecule has 3 aromatic rings. The first-order chi connectivity index (χ1) is 14.4. The van der Waals surface area contributed by atoms with Crippen molar-refractivity contribution >= 4 is 27.3 Å². The number of hydrogen-bond donors (Lipinski definition) is 1. The summed E-state index contributed by atoms with van der Waals surface area (Å²) in [6.45, 7) is 4.13. The van der Waals surface area contributed by atoms with E-state index in [9.17, 15) is 13.2 Å². The zero-order valence-corrected chi connectivity index (χ0v) is 17.9. The molecule has 0 unspecified atom stereocenters. The molecule has 30 heavy (non-hydrogen) atoms. The number of methoxy groups -OCH3 is 1. The van der Waals surface area contributed by atoms with Crippen LogP contribution in [0.1, 0.15) is 22.8 Å². The van der Waals surface area contributed by atoms with Crippen molar-refractivity contribution in [3.05, 3.63) is 83.9 Å². The Balaban J connectivity index is 1.92. The predicted molar refractivity (Wildman–Crippen MR) is 119 cm³/mol. The number of para-hydroxylation sites is 1. The second-order valence-electron chi connectivity index (χ2n) is 6.70. The average Bonchev–Trinajstić information content (AvgIpc) is 2.75. The highest BCUT2D eigenvalue weighted by atomic mass is 32.2. The van der Waals surface area contributed by atoms with Crippen molar-refractivity contribution in [1.29, 1.82) is 0 Å². The number of ether oxygens (including phenoxy) is 1. The zero-order valence-electron chi connectivity index (χ0n) is 17.1. The first kappa shape index (κ1) is 21.4. The minimum absolute atomic E-state index is 0.0244. The molecule has 0 spiro atoms. The van der Waals surface area contributed by atoms with Crippen LogP contribution in [0.4, 0.5) is 11.4 Å². The lowest BCUT2D eigenvalue weighted by atomic mass is 10.1. The molecule has 0 saturated carbocycles. The van der Waals surface area contributed by atoms with Crippen LogP contribution in [0.5, 0.6) is 5.75 Å². The molecule has 6 nitrogen and oxygen atoms in total. The third kappa shape index (κ3) is 4.63. The number of aryl methyl sites for hydroxylation is 1. The van der Waals surface area contributed by atoms with Gasteiger partial charge in [-0.05, 0) is 67.9 Å². The summed E-state index contributed by atoms with van der Waals surface area (Å²) in [6, 6.07) is 20.4. The van der Waals surface area contributed by atoms with Gasteiger partial charge in [-0.25, -0.2) is 8.42 Å². The Morgan fingerprint density at radius 1 is 1.00 bits per heavy atom. The molecule has 7 heteroatoms. The van der Waals surface area contributed by atoms with E-state index in [0.29, 0.717) is 29.1 Å². The molecule has 0 aliphatic carbocycles. The summed E-state index contributed by atoms with van der Waals surface area (Å²) < 4.78 is 33.4. The molecule has 0 bridgehead atoms. The number of anilines is 2. The normalized spacial score (nSPS) is 11.0. The van der Waals surface area contributed by atoms with Crippen LogP contribution in [0, 0.1) is 6.92 Å². The van der Waals surface area contributed by atoms with Gasteiger partial charge in [0, 0.05) is 23.5 Å². The molecule has 3 aromatic carbocycles. The van der Waals surface area contributed by atoms with Crippen molar-refractivity contribution in [1.82, 2.24) is 0 Å². The van der Waals surface area contributed by atoms with Crippen molar-refractivity contribution in [2.24, 2.45) is 0 Å². The van der Waals surface area contributed by atoms with E-state index in [1.165, 1.54) is 12.1 Å². The lowest BCUT2D eigenvalue weighted by Gasteiger charge is -2.22. The molecule has 0 aliphatic heterocycles. The van der Waals surface area contributed by atoms with Crippen molar-refractivity contribution in [3.63, 3.8) is 0 Å². The fourth-order valence-electron chi connectivity index (χ4n) is 3.07. The number of carbonyl (C=O) groups is 1. The minimum atomic E-state index is -3.86. The van der Waals surface area contributed by atoms with Gasteiger partial charge in [0.1, 0.15) is 5.75 Å². The quantitative estimate of drug-likeness (QED) is 0.607. The highest BCUT2D eigenvalue weighted by Crippen LogP contribution is 2.24. The number of sulfonamides is 1. The van der Waals surface area contributed by atoms with Crippen LogP contribution >= 0.6 is 0 Å². The number of carbonyl (C=O) groups excluding carboxylic acids is 1. The molecule has 0 radical (unpaired) electrons. The third-order valence-electron chi connectivity index (χ3n) is 4.72. The second-order valence-corrected chi connectivity index (χ2v) is 8.38. The topological polar surface area (TPSA) is 75.7 Å². The summed E-state index contributed by atoms with van der Waals surface area (Å²) >= 11 is 0. The van der Waals surface area contributed by atoms with E-state index >= 15 is 0 Å².